The summed E-state index contributed by atoms with van der Waals surface area (Å²) in [5.74, 6) is -0.888. The molecule has 0 bridgehead atoms. The lowest BCUT2D eigenvalue weighted by Gasteiger charge is -2.18. The Labute approximate surface area is 226 Å². The molecule has 0 fully saturated rings. The predicted octanol–water partition coefficient (Wildman–Crippen LogP) is 6.39. The van der Waals surface area contributed by atoms with Crippen molar-refractivity contribution in [1.29, 1.82) is 0 Å². The third-order valence-corrected chi connectivity index (χ3v) is 6.76. The molecule has 0 amide bonds. The largest absolute Gasteiger partial charge is 0.478 e. The van der Waals surface area contributed by atoms with Crippen molar-refractivity contribution in [3.8, 4) is 17.0 Å². The lowest BCUT2D eigenvalue weighted by Crippen LogP contribution is -2.08. The second kappa shape index (κ2) is 10.3. The van der Waals surface area contributed by atoms with Gasteiger partial charge in [0.15, 0.2) is 6.20 Å². The Morgan fingerprint density at radius 3 is 2.76 bits per heavy atom. The third-order valence-electron chi connectivity index (χ3n) is 6.33. The van der Waals surface area contributed by atoms with Gasteiger partial charge < -0.3 is 19.4 Å². The van der Waals surface area contributed by atoms with E-state index >= 15 is 0 Å². The molecule has 0 aliphatic rings. The van der Waals surface area contributed by atoms with Gasteiger partial charge in [0.05, 0.1) is 10.2 Å². The number of halogens is 2. The molecule has 5 rings (SSSR count). The Kier molecular flexibility index (Phi) is 6.94. The molecular weight excluding hydrogens is 555 g/mol. The van der Waals surface area contributed by atoms with Crippen LogP contribution in [0.4, 0.5) is 10.2 Å². The summed E-state index contributed by atoms with van der Waals surface area (Å²) in [7, 11) is 1.84. The SMILES string of the molecule is CCn1cc(Cc2cn(C)nc2-c2ccc(F)cc2[C@@H](C)Oc2cc(Br)cnc2[N+](=O)[O-])c2cccnc21. The second-order valence-electron chi connectivity index (χ2n) is 8.89. The smallest absolute Gasteiger partial charge is 0.406 e. The topological polar surface area (TPSA) is 101 Å². The zero-order valence-electron chi connectivity index (χ0n) is 20.9. The van der Waals surface area contributed by atoms with E-state index < -0.39 is 22.7 Å². The molecule has 0 aliphatic carbocycles. The lowest BCUT2D eigenvalue weighted by molar-refractivity contribution is -0.390. The molecule has 1 aromatic carbocycles. The predicted molar refractivity (Wildman–Crippen MR) is 144 cm³/mol. The Morgan fingerprint density at radius 1 is 1.18 bits per heavy atom. The van der Waals surface area contributed by atoms with Crippen molar-refractivity contribution in [2.45, 2.75) is 32.9 Å². The highest BCUT2D eigenvalue weighted by atomic mass is 79.9. The van der Waals surface area contributed by atoms with E-state index in [-0.39, 0.29) is 5.75 Å². The van der Waals surface area contributed by atoms with E-state index in [4.69, 9.17) is 9.84 Å². The minimum atomic E-state index is -0.739. The highest BCUT2D eigenvalue weighted by molar-refractivity contribution is 9.10. The van der Waals surface area contributed by atoms with E-state index in [0.717, 1.165) is 28.7 Å². The maximum Gasteiger partial charge on any atom is 0.406 e. The number of hydrogen-bond donors (Lipinski definition) is 0. The quantitative estimate of drug-likeness (QED) is 0.156. The third kappa shape index (κ3) is 4.89. The fourth-order valence-electron chi connectivity index (χ4n) is 4.65. The van der Waals surface area contributed by atoms with Crippen molar-refractivity contribution < 1.29 is 14.1 Å². The fourth-order valence-corrected chi connectivity index (χ4v) is 4.96. The molecule has 0 radical (unpaired) electrons. The number of ether oxygens (including phenoxy) is 1. The molecule has 38 heavy (non-hydrogen) atoms. The van der Waals surface area contributed by atoms with Crippen molar-refractivity contribution in [2.75, 3.05) is 0 Å². The lowest BCUT2D eigenvalue weighted by atomic mass is 9.96. The van der Waals surface area contributed by atoms with Crippen LogP contribution in [0, 0.1) is 15.9 Å². The molecule has 0 saturated carbocycles. The molecule has 0 unspecified atom stereocenters. The first-order valence-corrected chi connectivity index (χ1v) is 12.8. The van der Waals surface area contributed by atoms with Crippen LogP contribution in [0.2, 0.25) is 0 Å². The fraction of sp³-hybridized carbons (Fsp3) is 0.222. The van der Waals surface area contributed by atoms with Gasteiger partial charge >= 0.3 is 5.82 Å². The van der Waals surface area contributed by atoms with Gasteiger partial charge in [0.25, 0.3) is 0 Å². The monoisotopic (exact) mass is 578 g/mol. The van der Waals surface area contributed by atoms with Gasteiger partial charge in [0, 0.05) is 66.7 Å². The minimum Gasteiger partial charge on any atom is -0.478 e. The highest BCUT2D eigenvalue weighted by Gasteiger charge is 2.24. The van der Waals surface area contributed by atoms with Crippen molar-refractivity contribution in [3.05, 3.63) is 98.3 Å². The first-order chi connectivity index (χ1) is 18.2. The number of aryl methyl sites for hydroxylation is 2. The van der Waals surface area contributed by atoms with Crippen molar-refractivity contribution in [2.24, 2.45) is 7.05 Å². The number of rotatable bonds is 8. The van der Waals surface area contributed by atoms with Gasteiger partial charge in [0.2, 0.25) is 5.75 Å². The number of aromatic nitrogens is 5. The van der Waals surface area contributed by atoms with E-state index in [9.17, 15) is 14.5 Å². The van der Waals surface area contributed by atoms with E-state index in [1.54, 1.807) is 23.9 Å². The number of hydrogen-bond acceptors (Lipinski definition) is 6. The molecule has 5 aromatic rings. The zero-order valence-corrected chi connectivity index (χ0v) is 22.5. The van der Waals surface area contributed by atoms with Crippen LogP contribution in [0.5, 0.6) is 5.75 Å². The van der Waals surface area contributed by atoms with Crippen LogP contribution < -0.4 is 4.74 Å². The molecule has 9 nitrogen and oxygen atoms in total. The highest BCUT2D eigenvalue weighted by Crippen LogP contribution is 2.37. The molecule has 0 N–H and O–H groups in total. The Balaban J connectivity index is 1.56. The second-order valence-corrected chi connectivity index (χ2v) is 9.81. The van der Waals surface area contributed by atoms with Crippen LogP contribution in [0.25, 0.3) is 22.3 Å². The molecule has 0 spiro atoms. The molecule has 0 saturated heterocycles. The maximum absolute atomic E-state index is 14.5. The van der Waals surface area contributed by atoms with Crippen LogP contribution in [-0.4, -0.2) is 29.2 Å². The average Bonchev–Trinajstić information content (AvgIpc) is 3.43. The summed E-state index contributed by atoms with van der Waals surface area (Å²) < 4.78 is 24.8. The van der Waals surface area contributed by atoms with E-state index in [1.807, 2.05) is 19.3 Å². The van der Waals surface area contributed by atoms with Crippen LogP contribution in [0.15, 0.2) is 65.7 Å². The van der Waals surface area contributed by atoms with Crippen molar-refractivity contribution >= 4 is 32.8 Å². The summed E-state index contributed by atoms with van der Waals surface area (Å²) in [5.41, 5.74) is 4.84. The van der Waals surface area contributed by atoms with Crippen LogP contribution in [0.3, 0.4) is 0 Å². The summed E-state index contributed by atoms with van der Waals surface area (Å²) in [4.78, 5) is 19.3. The molecule has 4 heterocycles. The van der Waals surface area contributed by atoms with Crippen LogP contribution in [0.1, 0.15) is 36.6 Å². The molecular formula is C27H24BrFN6O3. The number of pyridine rings is 2. The van der Waals surface area contributed by atoms with Gasteiger partial charge in [-0.25, -0.2) is 9.37 Å². The van der Waals surface area contributed by atoms with Crippen LogP contribution >= 0.6 is 15.9 Å². The average molecular weight is 579 g/mol. The standard InChI is InChI=1S/C27H24BrFN6O3/c1-4-34-15-17(21-6-5-9-30-26(21)34)10-18-14-33(3)32-25(18)22-8-7-20(29)12-23(22)16(2)38-24-11-19(28)13-31-27(24)35(36)37/h5-9,11-16H,4,10H2,1-3H3/t16-/m1/s1. The van der Waals surface area contributed by atoms with Crippen molar-refractivity contribution in [1.82, 2.24) is 24.3 Å². The summed E-state index contributed by atoms with van der Waals surface area (Å²) in [6.45, 7) is 4.58. The normalized spacial score (nSPS) is 12.1. The summed E-state index contributed by atoms with van der Waals surface area (Å²) >= 11 is 3.28. The zero-order chi connectivity index (χ0) is 27.0. The van der Waals surface area contributed by atoms with Gasteiger partial charge in [-0.2, -0.15) is 5.10 Å². The number of nitrogens with zero attached hydrogens (tertiary/aromatic N) is 6. The Morgan fingerprint density at radius 2 is 2.00 bits per heavy atom. The minimum absolute atomic E-state index is 0.0202. The molecule has 11 heteroatoms. The van der Waals surface area contributed by atoms with E-state index in [2.05, 4.69) is 49.7 Å². The van der Waals surface area contributed by atoms with Gasteiger partial charge in [0.1, 0.15) is 17.6 Å². The number of benzene rings is 1. The summed E-state index contributed by atoms with van der Waals surface area (Å²) in [6.07, 6.45) is 7.01. The molecule has 194 valence electrons. The van der Waals surface area contributed by atoms with Crippen LogP contribution in [-0.2, 0) is 20.0 Å². The van der Waals surface area contributed by atoms with E-state index in [1.165, 1.54) is 24.4 Å². The van der Waals surface area contributed by atoms with Gasteiger partial charge in [-0.05, 0) is 75.6 Å². The number of fused-ring (bicyclic) bond motifs is 1. The van der Waals surface area contributed by atoms with Gasteiger partial charge in [-0.1, -0.05) is 0 Å². The summed E-state index contributed by atoms with van der Waals surface area (Å²) in [5, 5.41) is 17.3. The Bertz CT molecular complexity index is 1660. The first-order valence-electron chi connectivity index (χ1n) is 12.0. The molecule has 0 aliphatic heterocycles. The van der Waals surface area contributed by atoms with Gasteiger partial charge in [-0.3, -0.25) is 4.68 Å². The maximum atomic E-state index is 14.5. The summed E-state index contributed by atoms with van der Waals surface area (Å²) in [6, 6.07) is 9.87. The molecule has 1 atom stereocenters. The first kappa shape index (κ1) is 25.5. The Hall–Kier alpha value is -4.12. The van der Waals surface area contributed by atoms with E-state index in [0.29, 0.717) is 27.7 Å². The van der Waals surface area contributed by atoms with Crippen molar-refractivity contribution in [3.63, 3.8) is 0 Å². The van der Waals surface area contributed by atoms with Gasteiger partial charge in [-0.15, -0.1) is 0 Å². The molecule has 4 aromatic heterocycles. The number of nitro groups is 1.